The van der Waals surface area contributed by atoms with Crippen molar-refractivity contribution < 1.29 is 0 Å². The third-order valence-electron chi connectivity index (χ3n) is 8.75. The molecular weight excluding hydrogens is 498 g/mol. The number of para-hydroxylation sites is 2. The van der Waals surface area contributed by atoms with Crippen LogP contribution in [-0.4, -0.2) is 13.8 Å². The zero-order chi connectivity index (χ0) is 27.2. The van der Waals surface area contributed by atoms with E-state index in [0.717, 1.165) is 16.8 Å². The Morgan fingerprint density at radius 2 is 1.20 bits per heavy atom. The highest BCUT2D eigenvalue weighted by Crippen LogP contribution is 2.41. The van der Waals surface area contributed by atoms with Gasteiger partial charge < -0.3 is 0 Å². The van der Waals surface area contributed by atoms with Gasteiger partial charge in [0, 0.05) is 10.8 Å². The maximum absolute atomic E-state index is 5.15. The molecule has 0 bridgehead atoms. The molecule has 3 aromatic heterocycles. The van der Waals surface area contributed by atoms with Crippen LogP contribution in [-0.2, 0) is 0 Å². The molecule has 0 N–H and O–H groups in total. The number of rotatable bonds is 3. The standard InChI is InChI=1S/C38H27N3/c1-23(2)27-16-28(24-10-4-3-5-11-24)18-29(17-27)30-20-32-31-19-25-12-6-7-13-26(25)21-35(31)41-37(32)36(22-30)40-34-15-9-8-14-33(34)39-38(40)41/h3-23H,1-2H3. The molecule has 194 valence electrons. The molecule has 0 saturated carbocycles. The van der Waals surface area contributed by atoms with Crippen molar-refractivity contribution in [2.24, 2.45) is 0 Å². The highest BCUT2D eigenvalue weighted by molar-refractivity contribution is 6.19. The molecule has 0 fully saturated rings. The lowest BCUT2D eigenvalue weighted by molar-refractivity contribution is 0.867. The summed E-state index contributed by atoms with van der Waals surface area (Å²) in [4.78, 5) is 5.15. The van der Waals surface area contributed by atoms with Crippen LogP contribution in [0.5, 0.6) is 0 Å². The summed E-state index contributed by atoms with van der Waals surface area (Å²) in [7, 11) is 0. The van der Waals surface area contributed by atoms with E-state index in [2.05, 4.69) is 144 Å². The number of hydrogen-bond acceptors (Lipinski definition) is 1. The van der Waals surface area contributed by atoms with E-state index in [9.17, 15) is 0 Å². The Bertz CT molecular complexity index is 2440. The first-order valence-electron chi connectivity index (χ1n) is 14.3. The van der Waals surface area contributed by atoms with Crippen molar-refractivity contribution in [3.63, 3.8) is 0 Å². The average molecular weight is 526 g/mol. The highest BCUT2D eigenvalue weighted by atomic mass is 15.2. The van der Waals surface area contributed by atoms with E-state index >= 15 is 0 Å². The number of hydrogen-bond donors (Lipinski definition) is 0. The van der Waals surface area contributed by atoms with Gasteiger partial charge in [0.1, 0.15) is 0 Å². The van der Waals surface area contributed by atoms with E-state index in [4.69, 9.17) is 4.98 Å². The number of imidazole rings is 2. The number of nitrogens with zero attached hydrogens (tertiary/aromatic N) is 3. The first kappa shape index (κ1) is 22.6. The Morgan fingerprint density at radius 3 is 2.00 bits per heavy atom. The zero-order valence-electron chi connectivity index (χ0n) is 23.0. The molecule has 0 radical (unpaired) electrons. The van der Waals surface area contributed by atoms with Crippen LogP contribution in [0, 0.1) is 0 Å². The van der Waals surface area contributed by atoms with Crippen LogP contribution in [0.1, 0.15) is 25.3 Å². The van der Waals surface area contributed by atoms with E-state index in [0.29, 0.717) is 5.92 Å². The van der Waals surface area contributed by atoms with Crippen molar-refractivity contribution in [3.05, 3.63) is 127 Å². The lowest BCUT2D eigenvalue weighted by atomic mass is 9.91. The van der Waals surface area contributed by atoms with Gasteiger partial charge in [-0.05, 0) is 87.0 Å². The summed E-state index contributed by atoms with van der Waals surface area (Å²) < 4.78 is 4.72. The van der Waals surface area contributed by atoms with Gasteiger partial charge >= 0.3 is 0 Å². The van der Waals surface area contributed by atoms with E-state index in [1.807, 2.05) is 0 Å². The first-order valence-corrected chi connectivity index (χ1v) is 14.3. The second kappa shape index (κ2) is 8.18. The molecule has 0 amide bonds. The molecule has 41 heavy (non-hydrogen) atoms. The molecule has 0 spiro atoms. The van der Waals surface area contributed by atoms with E-state index in [-0.39, 0.29) is 0 Å². The highest BCUT2D eigenvalue weighted by Gasteiger charge is 2.22. The summed E-state index contributed by atoms with van der Waals surface area (Å²) >= 11 is 0. The van der Waals surface area contributed by atoms with Crippen molar-refractivity contribution in [1.82, 2.24) is 13.8 Å². The quantitative estimate of drug-likeness (QED) is 0.225. The van der Waals surface area contributed by atoms with Gasteiger partial charge in [0.05, 0.1) is 27.6 Å². The summed E-state index contributed by atoms with van der Waals surface area (Å²) in [6.07, 6.45) is 0. The van der Waals surface area contributed by atoms with Crippen molar-refractivity contribution in [3.8, 4) is 22.3 Å². The third kappa shape index (κ3) is 3.17. The Balaban J connectivity index is 1.44. The van der Waals surface area contributed by atoms with Gasteiger partial charge in [-0.2, -0.15) is 0 Å². The summed E-state index contributed by atoms with van der Waals surface area (Å²) in [6, 6.07) is 44.4. The molecule has 6 aromatic carbocycles. The molecule has 0 saturated heterocycles. The van der Waals surface area contributed by atoms with Gasteiger partial charge in [-0.1, -0.05) is 92.7 Å². The van der Waals surface area contributed by atoms with Crippen LogP contribution >= 0.6 is 0 Å². The first-order chi connectivity index (χ1) is 20.1. The zero-order valence-corrected chi connectivity index (χ0v) is 23.0. The van der Waals surface area contributed by atoms with Crippen molar-refractivity contribution in [2.45, 2.75) is 19.8 Å². The van der Waals surface area contributed by atoms with Crippen LogP contribution in [0.25, 0.3) is 77.2 Å². The molecule has 0 aliphatic carbocycles. The lowest BCUT2D eigenvalue weighted by Gasteiger charge is -2.13. The molecule has 0 aliphatic heterocycles. The van der Waals surface area contributed by atoms with Crippen LogP contribution in [0.3, 0.4) is 0 Å². The predicted molar refractivity (Wildman–Crippen MR) is 172 cm³/mol. The topological polar surface area (TPSA) is 21.7 Å². The fourth-order valence-electron chi connectivity index (χ4n) is 6.70. The van der Waals surface area contributed by atoms with Gasteiger partial charge in [0.15, 0.2) is 0 Å². The van der Waals surface area contributed by atoms with Crippen molar-refractivity contribution in [1.29, 1.82) is 0 Å². The summed E-state index contributed by atoms with van der Waals surface area (Å²) in [5, 5.41) is 5.04. The van der Waals surface area contributed by atoms with Gasteiger partial charge in [-0.25, -0.2) is 4.98 Å². The maximum atomic E-state index is 5.15. The smallest absolute Gasteiger partial charge is 0.220 e. The number of benzene rings is 6. The third-order valence-corrected chi connectivity index (χ3v) is 8.75. The van der Waals surface area contributed by atoms with Crippen LogP contribution < -0.4 is 0 Å². The Kier molecular flexibility index (Phi) is 4.52. The SMILES string of the molecule is CC(C)c1cc(-c2ccccc2)cc(-c2cc3c4cc5ccccc5cc4n4c3c(c2)n2c3ccccc3nc24)c1. The Morgan fingerprint density at radius 1 is 0.512 bits per heavy atom. The molecule has 9 rings (SSSR count). The van der Waals surface area contributed by atoms with Crippen LogP contribution in [0.15, 0.2) is 121 Å². The van der Waals surface area contributed by atoms with E-state index < -0.39 is 0 Å². The normalized spacial score (nSPS) is 12.4. The fourth-order valence-corrected chi connectivity index (χ4v) is 6.70. The van der Waals surface area contributed by atoms with Gasteiger partial charge in [-0.3, -0.25) is 8.80 Å². The molecule has 3 heteroatoms. The Labute approximate surface area is 237 Å². The maximum Gasteiger partial charge on any atom is 0.220 e. The second-order valence-corrected chi connectivity index (χ2v) is 11.5. The predicted octanol–water partition coefficient (Wildman–Crippen LogP) is 10.1. The largest absolute Gasteiger partial charge is 0.277 e. The monoisotopic (exact) mass is 525 g/mol. The molecule has 0 aliphatic rings. The van der Waals surface area contributed by atoms with E-state index in [1.165, 1.54) is 65.9 Å². The number of fused-ring (bicyclic) bond motifs is 9. The van der Waals surface area contributed by atoms with Gasteiger partial charge in [0.2, 0.25) is 5.78 Å². The minimum atomic E-state index is 0.425. The minimum absolute atomic E-state index is 0.425. The van der Waals surface area contributed by atoms with Gasteiger partial charge in [0.25, 0.3) is 0 Å². The Hall–Kier alpha value is -5.15. The van der Waals surface area contributed by atoms with Crippen LogP contribution in [0.4, 0.5) is 0 Å². The fraction of sp³-hybridized carbons (Fsp3) is 0.0789. The molecule has 3 heterocycles. The minimum Gasteiger partial charge on any atom is -0.277 e. The second-order valence-electron chi connectivity index (χ2n) is 11.5. The van der Waals surface area contributed by atoms with Crippen molar-refractivity contribution in [2.75, 3.05) is 0 Å². The number of aromatic nitrogens is 3. The summed E-state index contributed by atoms with van der Waals surface area (Å²) in [5.74, 6) is 1.39. The summed E-state index contributed by atoms with van der Waals surface area (Å²) in [6.45, 7) is 4.55. The van der Waals surface area contributed by atoms with Gasteiger partial charge in [-0.15, -0.1) is 0 Å². The van der Waals surface area contributed by atoms with Crippen LogP contribution in [0.2, 0.25) is 0 Å². The molecule has 0 atom stereocenters. The summed E-state index contributed by atoms with van der Waals surface area (Å²) in [5.41, 5.74) is 12.1. The van der Waals surface area contributed by atoms with E-state index in [1.54, 1.807) is 0 Å². The van der Waals surface area contributed by atoms with Crippen molar-refractivity contribution >= 4 is 54.9 Å². The molecular formula is C38H27N3. The molecule has 9 aromatic rings. The molecule has 0 unspecified atom stereocenters. The lowest BCUT2D eigenvalue weighted by Crippen LogP contribution is -1.91. The average Bonchev–Trinajstić information content (AvgIpc) is 3.65. The molecule has 3 nitrogen and oxygen atoms in total.